The molecular weight excluding hydrogens is 230 g/mol. The molecule has 94 valence electrons. The fourth-order valence-electron chi connectivity index (χ4n) is 1.64. The van der Waals surface area contributed by atoms with Crippen LogP contribution >= 0.6 is 0 Å². The molecule has 2 rings (SSSR count). The van der Waals surface area contributed by atoms with Gasteiger partial charge >= 0.3 is 0 Å². The molecule has 5 nitrogen and oxygen atoms in total. The molecule has 0 aliphatic rings. The van der Waals surface area contributed by atoms with E-state index in [1.54, 1.807) is 30.5 Å². The molecule has 2 N–H and O–H groups in total. The summed E-state index contributed by atoms with van der Waals surface area (Å²) >= 11 is 0. The normalized spacial score (nSPS) is 10.3. The number of imidazole rings is 1. The lowest BCUT2D eigenvalue weighted by molar-refractivity contribution is -0.120. The summed E-state index contributed by atoms with van der Waals surface area (Å²) in [5.41, 5.74) is 0.620. The molecule has 0 unspecified atom stereocenters. The number of carbonyl (C=O) groups excluding carboxylic acids is 1. The van der Waals surface area contributed by atoms with Gasteiger partial charge in [-0.15, -0.1) is 0 Å². The molecule has 0 bridgehead atoms. The molecule has 0 aliphatic carbocycles. The zero-order chi connectivity index (χ0) is 13.0. The zero-order valence-electron chi connectivity index (χ0n) is 10.1. The largest absolute Gasteiger partial charge is 0.508 e. The molecule has 0 saturated heterocycles. The number of benzene rings is 1. The SMILES string of the molecule is Cn1ccnc1CNC(=O)Cc1ccccc1O. The van der Waals surface area contributed by atoms with Crippen molar-refractivity contribution in [3.63, 3.8) is 0 Å². The van der Waals surface area contributed by atoms with Crippen molar-refractivity contribution in [2.45, 2.75) is 13.0 Å². The summed E-state index contributed by atoms with van der Waals surface area (Å²) < 4.78 is 1.85. The maximum absolute atomic E-state index is 11.7. The lowest BCUT2D eigenvalue weighted by atomic mass is 10.1. The van der Waals surface area contributed by atoms with Gasteiger partial charge in [-0.25, -0.2) is 4.98 Å². The predicted molar refractivity (Wildman–Crippen MR) is 66.9 cm³/mol. The Morgan fingerprint density at radius 2 is 2.22 bits per heavy atom. The monoisotopic (exact) mass is 245 g/mol. The van der Waals surface area contributed by atoms with Crippen molar-refractivity contribution < 1.29 is 9.90 Å². The highest BCUT2D eigenvalue weighted by molar-refractivity contribution is 5.79. The van der Waals surface area contributed by atoms with E-state index in [2.05, 4.69) is 10.3 Å². The first-order valence-electron chi connectivity index (χ1n) is 5.66. The van der Waals surface area contributed by atoms with Gasteiger partial charge in [0.1, 0.15) is 11.6 Å². The second-order valence-electron chi connectivity index (χ2n) is 4.04. The third-order valence-corrected chi connectivity index (χ3v) is 2.71. The van der Waals surface area contributed by atoms with Gasteiger partial charge in [-0.1, -0.05) is 18.2 Å². The quantitative estimate of drug-likeness (QED) is 0.844. The van der Waals surface area contributed by atoms with E-state index in [0.29, 0.717) is 12.1 Å². The molecule has 0 atom stereocenters. The van der Waals surface area contributed by atoms with Crippen LogP contribution in [0, 0.1) is 0 Å². The summed E-state index contributed by atoms with van der Waals surface area (Å²) in [6.45, 7) is 0.385. The average molecular weight is 245 g/mol. The van der Waals surface area contributed by atoms with E-state index in [4.69, 9.17) is 0 Å². The van der Waals surface area contributed by atoms with Gasteiger partial charge in [-0.05, 0) is 6.07 Å². The summed E-state index contributed by atoms with van der Waals surface area (Å²) in [6.07, 6.45) is 3.67. The van der Waals surface area contributed by atoms with Crippen molar-refractivity contribution in [1.29, 1.82) is 0 Å². The van der Waals surface area contributed by atoms with E-state index in [1.165, 1.54) is 0 Å². The highest BCUT2D eigenvalue weighted by Crippen LogP contribution is 2.15. The van der Waals surface area contributed by atoms with Gasteiger partial charge in [-0.3, -0.25) is 4.79 Å². The van der Waals surface area contributed by atoms with E-state index in [1.807, 2.05) is 17.8 Å². The van der Waals surface area contributed by atoms with Crippen LogP contribution in [0.25, 0.3) is 0 Å². The van der Waals surface area contributed by atoms with Crippen LogP contribution in [0.1, 0.15) is 11.4 Å². The van der Waals surface area contributed by atoms with E-state index < -0.39 is 0 Å². The van der Waals surface area contributed by atoms with Gasteiger partial charge in [0.2, 0.25) is 5.91 Å². The molecule has 18 heavy (non-hydrogen) atoms. The molecule has 1 aromatic carbocycles. The lowest BCUT2D eigenvalue weighted by Crippen LogP contribution is -2.25. The number of rotatable bonds is 4. The Balaban J connectivity index is 1.90. The molecule has 1 aromatic heterocycles. The number of amides is 1. The van der Waals surface area contributed by atoms with Crippen LogP contribution in [0.2, 0.25) is 0 Å². The van der Waals surface area contributed by atoms with Gasteiger partial charge in [0.05, 0.1) is 13.0 Å². The summed E-state index contributed by atoms with van der Waals surface area (Å²) in [5, 5.41) is 12.3. The molecule has 0 saturated carbocycles. The first kappa shape index (κ1) is 12.2. The summed E-state index contributed by atoms with van der Waals surface area (Å²) in [7, 11) is 1.87. The van der Waals surface area contributed by atoms with Gasteiger partial charge in [0.15, 0.2) is 0 Å². The van der Waals surface area contributed by atoms with Crippen LogP contribution in [0.15, 0.2) is 36.7 Å². The topological polar surface area (TPSA) is 67.2 Å². The molecule has 5 heteroatoms. The Morgan fingerprint density at radius 1 is 1.44 bits per heavy atom. The number of phenols is 1. The number of nitrogens with zero attached hydrogens (tertiary/aromatic N) is 2. The Morgan fingerprint density at radius 3 is 2.89 bits per heavy atom. The van der Waals surface area contributed by atoms with Crippen LogP contribution in [0.3, 0.4) is 0 Å². The number of aromatic nitrogens is 2. The number of carbonyl (C=O) groups is 1. The predicted octanol–water partition coefficient (Wildman–Crippen LogP) is 0.985. The number of aromatic hydroxyl groups is 1. The minimum Gasteiger partial charge on any atom is -0.508 e. The van der Waals surface area contributed by atoms with Crippen molar-refractivity contribution in [1.82, 2.24) is 14.9 Å². The maximum Gasteiger partial charge on any atom is 0.224 e. The third-order valence-electron chi connectivity index (χ3n) is 2.71. The van der Waals surface area contributed by atoms with Crippen molar-refractivity contribution in [2.24, 2.45) is 7.05 Å². The molecule has 0 aliphatic heterocycles. The van der Waals surface area contributed by atoms with Crippen molar-refractivity contribution in [3.8, 4) is 5.75 Å². The molecule has 1 heterocycles. The minimum atomic E-state index is -0.139. The van der Waals surface area contributed by atoms with Crippen LogP contribution < -0.4 is 5.32 Å². The van der Waals surface area contributed by atoms with E-state index in [-0.39, 0.29) is 18.1 Å². The average Bonchev–Trinajstić information content (AvgIpc) is 2.75. The number of phenolic OH excluding ortho intramolecular Hbond substituents is 1. The van der Waals surface area contributed by atoms with Crippen LogP contribution in [-0.4, -0.2) is 20.6 Å². The minimum absolute atomic E-state index is 0.139. The number of hydrogen-bond donors (Lipinski definition) is 2. The van der Waals surface area contributed by atoms with Gasteiger partial charge < -0.3 is 15.0 Å². The number of para-hydroxylation sites is 1. The lowest BCUT2D eigenvalue weighted by Gasteiger charge is -2.06. The number of aryl methyl sites for hydroxylation is 1. The Hall–Kier alpha value is -2.30. The Labute approximate surface area is 105 Å². The molecule has 0 fully saturated rings. The molecule has 0 spiro atoms. The second kappa shape index (κ2) is 5.35. The second-order valence-corrected chi connectivity index (χ2v) is 4.04. The van der Waals surface area contributed by atoms with E-state index in [9.17, 15) is 9.90 Å². The smallest absolute Gasteiger partial charge is 0.224 e. The van der Waals surface area contributed by atoms with E-state index in [0.717, 1.165) is 5.82 Å². The van der Waals surface area contributed by atoms with Gasteiger partial charge in [0, 0.05) is 25.0 Å². The highest BCUT2D eigenvalue weighted by Gasteiger charge is 2.07. The summed E-state index contributed by atoms with van der Waals surface area (Å²) in [4.78, 5) is 15.8. The first-order valence-corrected chi connectivity index (χ1v) is 5.66. The van der Waals surface area contributed by atoms with Crippen molar-refractivity contribution >= 4 is 5.91 Å². The van der Waals surface area contributed by atoms with Gasteiger partial charge in [0.25, 0.3) is 0 Å². The highest BCUT2D eigenvalue weighted by atomic mass is 16.3. The number of nitrogens with one attached hydrogen (secondary N) is 1. The summed E-state index contributed by atoms with van der Waals surface area (Å²) in [5.74, 6) is 0.796. The Kier molecular flexibility index (Phi) is 3.62. The maximum atomic E-state index is 11.7. The molecule has 0 radical (unpaired) electrons. The molecule has 2 aromatic rings. The van der Waals surface area contributed by atoms with Crippen LogP contribution in [0.4, 0.5) is 0 Å². The van der Waals surface area contributed by atoms with E-state index >= 15 is 0 Å². The van der Waals surface area contributed by atoms with Crippen molar-refractivity contribution in [3.05, 3.63) is 48.0 Å². The standard InChI is InChI=1S/C13H15N3O2/c1-16-7-6-14-12(16)9-15-13(18)8-10-4-2-3-5-11(10)17/h2-7,17H,8-9H2,1H3,(H,15,18). The summed E-state index contributed by atoms with van der Waals surface area (Å²) in [6, 6.07) is 6.82. The van der Waals surface area contributed by atoms with Crippen LogP contribution in [0.5, 0.6) is 5.75 Å². The van der Waals surface area contributed by atoms with Gasteiger partial charge in [-0.2, -0.15) is 0 Å². The zero-order valence-corrected chi connectivity index (χ0v) is 10.1. The Bertz CT molecular complexity index is 549. The molecular formula is C13H15N3O2. The third kappa shape index (κ3) is 2.88. The fraction of sp³-hybridized carbons (Fsp3) is 0.231. The number of hydrogen-bond acceptors (Lipinski definition) is 3. The fourth-order valence-corrected chi connectivity index (χ4v) is 1.64. The molecule has 1 amide bonds. The van der Waals surface area contributed by atoms with Crippen LogP contribution in [-0.2, 0) is 24.8 Å². The van der Waals surface area contributed by atoms with Crippen molar-refractivity contribution in [2.75, 3.05) is 0 Å². The first-order chi connectivity index (χ1) is 8.66.